The number of aryl methyl sites for hydroxylation is 1. The zero-order chi connectivity index (χ0) is 18.2. The molecule has 25 heavy (non-hydrogen) atoms. The molecule has 132 valence electrons. The van der Waals surface area contributed by atoms with Gasteiger partial charge in [0.15, 0.2) is 0 Å². The van der Waals surface area contributed by atoms with Gasteiger partial charge in [-0.1, -0.05) is 38.1 Å². The number of benzene rings is 2. The number of carbonyl (C=O) groups is 1. The fourth-order valence-electron chi connectivity index (χ4n) is 2.40. The lowest BCUT2D eigenvalue weighted by Gasteiger charge is -2.15. The Morgan fingerprint density at radius 1 is 1.08 bits per heavy atom. The predicted molar refractivity (Wildman–Crippen MR) is 99.4 cm³/mol. The van der Waals surface area contributed by atoms with Crippen LogP contribution in [-0.2, 0) is 4.79 Å². The molecule has 1 N–H and O–H groups in total. The molecule has 0 aliphatic rings. The van der Waals surface area contributed by atoms with Gasteiger partial charge in [0.1, 0.15) is 24.7 Å². The summed E-state index contributed by atoms with van der Waals surface area (Å²) in [4.78, 5) is 10.5. The first-order valence-corrected chi connectivity index (χ1v) is 8.33. The van der Waals surface area contributed by atoms with Gasteiger partial charge in [-0.15, -0.1) is 0 Å². The quantitative estimate of drug-likeness (QED) is 0.560. The Labute approximate surface area is 148 Å². The van der Waals surface area contributed by atoms with E-state index in [2.05, 4.69) is 32.0 Å². The lowest BCUT2D eigenvalue weighted by molar-refractivity contribution is -0.131. The number of aliphatic carboxylic acids is 1. The van der Waals surface area contributed by atoms with Crippen LogP contribution in [0.25, 0.3) is 6.08 Å². The molecule has 0 bridgehead atoms. The van der Waals surface area contributed by atoms with E-state index in [4.69, 9.17) is 14.6 Å². The summed E-state index contributed by atoms with van der Waals surface area (Å²) in [6.07, 6.45) is 2.65. The Kier molecular flexibility index (Phi) is 6.63. The molecular formula is C21H24O4. The third kappa shape index (κ3) is 5.99. The molecule has 0 spiro atoms. The van der Waals surface area contributed by atoms with Crippen LogP contribution in [0.4, 0.5) is 0 Å². The normalized spacial score (nSPS) is 11.0. The van der Waals surface area contributed by atoms with Crippen molar-refractivity contribution in [3.05, 3.63) is 65.2 Å². The highest BCUT2D eigenvalue weighted by molar-refractivity contribution is 5.85. The molecule has 2 rings (SSSR count). The fourth-order valence-corrected chi connectivity index (χ4v) is 2.40. The molecule has 2 aromatic rings. The maximum absolute atomic E-state index is 10.5. The number of rotatable bonds is 8. The van der Waals surface area contributed by atoms with Crippen LogP contribution in [-0.4, -0.2) is 24.3 Å². The molecule has 0 fully saturated rings. The van der Waals surface area contributed by atoms with Crippen LogP contribution < -0.4 is 9.47 Å². The Hall–Kier alpha value is -2.75. The summed E-state index contributed by atoms with van der Waals surface area (Å²) in [7, 11) is 0. The largest absolute Gasteiger partial charge is 0.490 e. The van der Waals surface area contributed by atoms with Crippen molar-refractivity contribution in [1.29, 1.82) is 0 Å². The van der Waals surface area contributed by atoms with Crippen LogP contribution in [0, 0.1) is 6.92 Å². The van der Waals surface area contributed by atoms with Gasteiger partial charge in [0.05, 0.1) is 0 Å². The topological polar surface area (TPSA) is 55.8 Å². The maximum Gasteiger partial charge on any atom is 0.328 e. The highest BCUT2D eigenvalue weighted by Gasteiger charge is 2.08. The SMILES string of the molecule is Cc1ccc(C(C)C)c(OCCOc2ccc(/C=C\C(=O)O)cc2)c1. The van der Waals surface area contributed by atoms with Crippen molar-refractivity contribution < 1.29 is 19.4 Å². The Balaban J connectivity index is 1.85. The van der Waals surface area contributed by atoms with Crippen molar-refractivity contribution in [2.45, 2.75) is 26.7 Å². The number of hydrogen-bond donors (Lipinski definition) is 1. The van der Waals surface area contributed by atoms with E-state index in [0.29, 0.717) is 19.1 Å². The van der Waals surface area contributed by atoms with Gasteiger partial charge in [0.25, 0.3) is 0 Å². The van der Waals surface area contributed by atoms with E-state index < -0.39 is 5.97 Å². The molecule has 0 saturated carbocycles. The third-order valence-electron chi connectivity index (χ3n) is 3.70. The highest BCUT2D eigenvalue weighted by atomic mass is 16.5. The molecule has 0 radical (unpaired) electrons. The summed E-state index contributed by atoms with van der Waals surface area (Å²) in [5, 5.41) is 8.61. The third-order valence-corrected chi connectivity index (χ3v) is 3.70. The number of hydrogen-bond acceptors (Lipinski definition) is 3. The van der Waals surface area contributed by atoms with Gasteiger partial charge in [-0.3, -0.25) is 0 Å². The van der Waals surface area contributed by atoms with Crippen LogP contribution in [0.1, 0.15) is 36.5 Å². The summed E-state index contributed by atoms with van der Waals surface area (Å²) in [6, 6.07) is 13.5. The molecule has 0 aromatic heterocycles. The Bertz CT molecular complexity index is 730. The highest BCUT2D eigenvalue weighted by Crippen LogP contribution is 2.27. The second kappa shape index (κ2) is 8.92. The van der Waals surface area contributed by atoms with Crippen molar-refractivity contribution in [1.82, 2.24) is 0 Å². The smallest absolute Gasteiger partial charge is 0.328 e. The summed E-state index contributed by atoms with van der Waals surface area (Å²) in [5.41, 5.74) is 3.18. The molecule has 0 aliphatic heterocycles. The molecule has 4 nitrogen and oxygen atoms in total. The van der Waals surface area contributed by atoms with E-state index in [-0.39, 0.29) is 0 Å². The summed E-state index contributed by atoms with van der Waals surface area (Å²) in [6.45, 7) is 7.25. The summed E-state index contributed by atoms with van der Waals surface area (Å²) < 4.78 is 11.6. The minimum absolute atomic E-state index is 0.405. The predicted octanol–water partition coefficient (Wildman–Crippen LogP) is 4.67. The monoisotopic (exact) mass is 340 g/mol. The second-order valence-electron chi connectivity index (χ2n) is 6.13. The van der Waals surface area contributed by atoms with Gasteiger partial charge >= 0.3 is 5.97 Å². The molecule has 0 unspecified atom stereocenters. The number of carboxylic acids is 1. The van der Waals surface area contributed by atoms with Crippen LogP contribution in [0.2, 0.25) is 0 Å². The van der Waals surface area contributed by atoms with Crippen LogP contribution >= 0.6 is 0 Å². The molecule has 4 heteroatoms. The molecule has 0 atom stereocenters. The molecule has 0 saturated heterocycles. The van der Waals surface area contributed by atoms with Crippen LogP contribution in [0.3, 0.4) is 0 Å². The molecule has 0 amide bonds. The van der Waals surface area contributed by atoms with Gasteiger partial charge in [0, 0.05) is 6.08 Å². The van der Waals surface area contributed by atoms with Gasteiger partial charge in [-0.25, -0.2) is 4.79 Å². The van der Waals surface area contributed by atoms with E-state index >= 15 is 0 Å². The van der Waals surface area contributed by atoms with Crippen molar-refractivity contribution in [2.75, 3.05) is 13.2 Å². The van der Waals surface area contributed by atoms with Gasteiger partial charge in [0.2, 0.25) is 0 Å². The zero-order valence-electron chi connectivity index (χ0n) is 14.9. The first kappa shape index (κ1) is 18.6. The van der Waals surface area contributed by atoms with Crippen molar-refractivity contribution >= 4 is 12.0 Å². The molecule has 0 aliphatic carbocycles. The van der Waals surface area contributed by atoms with E-state index in [1.54, 1.807) is 6.08 Å². The summed E-state index contributed by atoms with van der Waals surface area (Å²) in [5.74, 6) is 1.08. The minimum atomic E-state index is -0.964. The van der Waals surface area contributed by atoms with Gasteiger partial charge < -0.3 is 14.6 Å². The van der Waals surface area contributed by atoms with Crippen molar-refractivity contribution in [3.63, 3.8) is 0 Å². The summed E-state index contributed by atoms with van der Waals surface area (Å²) >= 11 is 0. The van der Waals surface area contributed by atoms with Gasteiger partial charge in [-0.05, 0) is 53.8 Å². The Morgan fingerprint density at radius 2 is 1.76 bits per heavy atom. The van der Waals surface area contributed by atoms with Crippen LogP contribution in [0.15, 0.2) is 48.5 Å². The molecule has 0 heterocycles. The van der Waals surface area contributed by atoms with E-state index in [1.165, 1.54) is 11.1 Å². The maximum atomic E-state index is 10.5. The number of ether oxygens (including phenoxy) is 2. The van der Waals surface area contributed by atoms with E-state index in [0.717, 1.165) is 23.1 Å². The lowest BCUT2D eigenvalue weighted by atomic mass is 10.0. The number of carboxylic acid groups (broad SMARTS) is 1. The van der Waals surface area contributed by atoms with Crippen molar-refractivity contribution in [2.24, 2.45) is 0 Å². The van der Waals surface area contributed by atoms with Gasteiger partial charge in [-0.2, -0.15) is 0 Å². The van der Waals surface area contributed by atoms with E-state index in [1.807, 2.05) is 31.2 Å². The lowest BCUT2D eigenvalue weighted by Crippen LogP contribution is -2.10. The minimum Gasteiger partial charge on any atom is -0.490 e. The standard InChI is InChI=1S/C21H24O4/c1-15(2)19-10-4-16(3)14-20(19)25-13-12-24-18-8-5-17(6-9-18)7-11-21(22)23/h4-11,14-15H,12-13H2,1-3H3,(H,22,23)/b11-7-. The fraction of sp³-hybridized carbons (Fsp3) is 0.286. The van der Waals surface area contributed by atoms with E-state index in [9.17, 15) is 4.79 Å². The first-order chi connectivity index (χ1) is 12.0. The first-order valence-electron chi connectivity index (χ1n) is 8.33. The molecular weight excluding hydrogens is 316 g/mol. The average molecular weight is 340 g/mol. The van der Waals surface area contributed by atoms with Crippen LogP contribution in [0.5, 0.6) is 11.5 Å². The zero-order valence-corrected chi connectivity index (χ0v) is 14.9. The second-order valence-corrected chi connectivity index (χ2v) is 6.13. The van der Waals surface area contributed by atoms with Crippen molar-refractivity contribution in [3.8, 4) is 11.5 Å². The average Bonchev–Trinajstić information content (AvgIpc) is 2.57. The Morgan fingerprint density at radius 3 is 2.40 bits per heavy atom. The molecule has 2 aromatic carbocycles.